The minimum atomic E-state index is -1.23. The van der Waals surface area contributed by atoms with E-state index >= 15 is 0 Å². The van der Waals surface area contributed by atoms with Crippen molar-refractivity contribution in [2.75, 3.05) is 6.61 Å². The Kier molecular flexibility index (Phi) is 7.53. The molecule has 1 aliphatic rings. The second kappa shape index (κ2) is 8.90. The Bertz CT molecular complexity index is 483. The van der Waals surface area contributed by atoms with E-state index in [1.165, 1.54) is 13.8 Å². The molecular formula is C12H18ClN3O7. The van der Waals surface area contributed by atoms with Gasteiger partial charge in [0.05, 0.1) is 0 Å². The van der Waals surface area contributed by atoms with E-state index in [-0.39, 0.29) is 6.61 Å². The van der Waals surface area contributed by atoms with Gasteiger partial charge < -0.3 is 24.1 Å². The van der Waals surface area contributed by atoms with Crippen molar-refractivity contribution in [1.29, 1.82) is 0 Å². The Labute approximate surface area is 137 Å². The van der Waals surface area contributed by atoms with Crippen molar-refractivity contribution in [1.82, 2.24) is 0 Å². The predicted molar refractivity (Wildman–Crippen MR) is 76.2 cm³/mol. The lowest BCUT2D eigenvalue weighted by atomic mass is 9.97. The van der Waals surface area contributed by atoms with Crippen LogP contribution in [0.4, 0.5) is 0 Å². The highest BCUT2D eigenvalue weighted by Gasteiger charge is 2.48. The fourth-order valence-corrected chi connectivity index (χ4v) is 2.45. The molecule has 1 rings (SSSR count). The van der Waals surface area contributed by atoms with E-state index in [0.717, 1.165) is 6.92 Å². The smallest absolute Gasteiger partial charge is 0.303 e. The lowest BCUT2D eigenvalue weighted by molar-refractivity contribution is -0.231. The average Bonchev–Trinajstić information content (AvgIpc) is 2.43. The molecule has 0 bridgehead atoms. The van der Waals surface area contributed by atoms with Crippen molar-refractivity contribution in [3.8, 4) is 0 Å². The number of azide groups is 1. The fourth-order valence-electron chi connectivity index (χ4n) is 2.12. The number of rotatable bonds is 6. The first-order valence-electron chi connectivity index (χ1n) is 6.74. The Morgan fingerprint density at radius 2 is 2.04 bits per heavy atom. The van der Waals surface area contributed by atoms with Crippen LogP contribution in [0.5, 0.6) is 0 Å². The van der Waals surface area contributed by atoms with Crippen LogP contribution in [0.25, 0.3) is 10.4 Å². The maximum atomic E-state index is 11.2. The molecule has 0 aromatic carbocycles. The minimum absolute atomic E-state index is 0.236. The first kappa shape index (κ1) is 19.5. The lowest BCUT2D eigenvalue weighted by Gasteiger charge is -2.42. The van der Waals surface area contributed by atoms with Gasteiger partial charge >= 0.3 is 11.9 Å². The molecule has 11 heteroatoms. The van der Waals surface area contributed by atoms with Crippen LogP contribution in [-0.4, -0.2) is 59.9 Å². The van der Waals surface area contributed by atoms with Gasteiger partial charge in [0.15, 0.2) is 18.0 Å². The van der Waals surface area contributed by atoms with E-state index in [4.69, 9.17) is 36.1 Å². The lowest BCUT2D eigenvalue weighted by Crippen LogP contribution is -2.59. The molecule has 130 valence electrons. The molecule has 0 aromatic heterocycles. The number of hydrogen-bond donors (Lipinski definition) is 1. The molecule has 0 radical (unpaired) electrons. The van der Waals surface area contributed by atoms with Gasteiger partial charge in [-0.1, -0.05) is 16.7 Å². The van der Waals surface area contributed by atoms with E-state index in [1.54, 1.807) is 0 Å². The third-order valence-corrected chi connectivity index (χ3v) is 3.25. The summed E-state index contributed by atoms with van der Waals surface area (Å²) in [6.45, 7) is 3.47. The Morgan fingerprint density at radius 1 is 1.39 bits per heavy atom. The standard InChI is InChI=1S/C12H18ClN3O7/c1-5(17)20-4-8-10(21-6(2)18)9(15-16-14)11(12(13)23-8)22-7(3)19/h6,8-12,18H,4H2,1-3H3/t6?,8?,9?,10-,11?,12+/m0/s1. The molecule has 23 heavy (non-hydrogen) atoms. The number of hydrogen-bond acceptors (Lipinski definition) is 8. The normalized spacial score (nSPS) is 31.6. The van der Waals surface area contributed by atoms with Gasteiger partial charge in [-0.25, -0.2) is 0 Å². The molecule has 0 saturated carbocycles. The molecule has 0 spiro atoms. The average molecular weight is 352 g/mol. The highest BCUT2D eigenvalue weighted by molar-refractivity contribution is 6.20. The number of alkyl halides is 1. The van der Waals surface area contributed by atoms with Gasteiger partial charge in [0.25, 0.3) is 0 Å². The molecule has 0 aromatic rings. The number of ether oxygens (including phenoxy) is 4. The predicted octanol–water partition coefficient (Wildman–Crippen LogP) is 0.847. The summed E-state index contributed by atoms with van der Waals surface area (Å²) in [6, 6.07) is -1.07. The molecule has 6 atom stereocenters. The summed E-state index contributed by atoms with van der Waals surface area (Å²) in [6.07, 6.45) is -4.31. The zero-order chi connectivity index (χ0) is 17.6. The van der Waals surface area contributed by atoms with Crippen molar-refractivity contribution < 1.29 is 33.6 Å². The number of aliphatic hydroxyl groups is 1. The first-order chi connectivity index (χ1) is 10.8. The Morgan fingerprint density at radius 3 is 2.52 bits per heavy atom. The van der Waals surface area contributed by atoms with Gasteiger partial charge in [0.1, 0.15) is 24.9 Å². The number of carbonyl (C=O) groups excluding carboxylic acids is 2. The van der Waals surface area contributed by atoms with Crippen LogP contribution >= 0.6 is 11.6 Å². The second-order valence-electron chi connectivity index (χ2n) is 4.80. The third kappa shape index (κ3) is 5.85. The summed E-state index contributed by atoms with van der Waals surface area (Å²) in [5, 5.41) is 13.0. The van der Waals surface area contributed by atoms with Crippen LogP contribution in [0.2, 0.25) is 0 Å². The molecule has 4 unspecified atom stereocenters. The summed E-state index contributed by atoms with van der Waals surface area (Å²) in [5.74, 6) is -1.21. The monoisotopic (exact) mass is 351 g/mol. The Balaban J connectivity index is 3.07. The van der Waals surface area contributed by atoms with Crippen LogP contribution in [0.15, 0.2) is 5.11 Å². The van der Waals surface area contributed by atoms with Crippen LogP contribution < -0.4 is 0 Å². The van der Waals surface area contributed by atoms with Gasteiger partial charge in [0.2, 0.25) is 0 Å². The van der Waals surface area contributed by atoms with E-state index in [2.05, 4.69) is 10.0 Å². The van der Waals surface area contributed by atoms with Crippen molar-refractivity contribution in [2.24, 2.45) is 5.11 Å². The van der Waals surface area contributed by atoms with Gasteiger partial charge in [0, 0.05) is 18.8 Å². The fraction of sp³-hybridized carbons (Fsp3) is 0.833. The highest BCUT2D eigenvalue weighted by atomic mass is 35.5. The molecule has 1 heterocycles. The minimum Gasteiger partial charge on any atom is -0.463 e. The number of carbonyl (C=O) groups is 2. The van der Waals surface area contributed by atoms with Gasteiger partial charge in [-0.3, -0.25) is 9.59 Å². The van der Waals surface area contributed by atoms with E-state index in [9.17, 15) is 14.7 Å². The molecule has 0 aliphatic carbocycles. The summed E-state index contributed by atoms with van der Waals surface area (Å²) >= 11 is 6.03. The van der Waals surface area contributed by atoms with Crippen molar-refractivity contribution in [3.63, 3.8) is 0 Å². The molecule has 1 saturated heterocycles. The molecular weight excluding hydrogens is 334 g/mol. The number of nitrogens with zero attached hydrogens (tertiary/aromatic N) is 3. The molecule has 1 fully saturated rings. The van der Waals surface area contributed by atoms with Crippen molar-refractivity contribution in [3.05, 3.63) is 10.4 Å². The topological polar surface area (TPSA) is 140 Å². The number of halogens is 1. The van der Waals surface area contributed by atoms with Crippen LogP contribution in [0, 0.1) is 0 Å². The zero-order valence-corrected chi connectivity index (χ0v) is 13.5. The summed E-state index contributed by atoms with van der Waals surface area (Å²) in [5.41, 5.74) is 7.59. The van der Waals surface area contributed by atoms with Gasteiger partial charge in [-0.15, -0.1) is 0 Å². The van der Waals surface area contributed by atoms with E-state index < -0.39 is 48.1 Å². The van der Waals surface area contributed by atoms with Gasteiger partial charge in [-0.2, -0.15) is 0 Å². The molecule has 10 nitrogen and oxygen atoms in total. The van der Waals surface area contributed by atoms with Crippen molar-refractivity contribution in [2.45, 2.75) is 57.0 Å². The third-order valence-electron chi connectivity index (χ3n) is 2.89. The summed E-state index contributed by atoms with van der Waals surface area (Å²) in [4.78, 5) is 24.9. The zero-order valence-electron chi connectivity index (χ0n) is 12.8. The molecule has 1 N–H and O–H groups in total. The van der Waals surface area contributed by atoms with Crippen molar-refractivity contribution >= 4 is 23.5 Å². The highest BCUT2D eigenvalue weighted by Crippen LogP contribution is 2.31. The molecule has 1 aliphatic heterocycles. The van der Waals surface area contributed by atoms with Gasteiger partial charge in [-0.05, 0) is 12.5 Å². The van der Waals surface area contributed by atoms with Crippen LogP contribution in [0.1, 0.15) is 20.8 Å². The first-order valence-corrected chi connectivity index (χ1v) is 7.17. The largest absolute Gasteiger partial charge is 0.463 e. The van der Waals surface area contributed by atoms with Crippen LogP contribution in [-0.2, 0) is 28.5 Å². The number of esters is 2. The van der Waals surface area contributed by atoms with E-state index in [0.29, 0.717) is 0 Å². The second-order valence-corrected chi connectivity index (χ2v) is 5.23. The van der Waals surface area contributed by atoms with Crippen LogP contribution in [0.3, 0.4) is 0 Å². The quantitative estimate of drug-likeness (QED) is 0.187. The maximum absolute atomic E-state index is 11.2. The number of aliphatic hydroxyl groups excluding tert-OH is 1. The molecule has 0 amide bonds. The summed E-state index contributed by atoms with van der Waals surface area (Å²) < 4.78 is 20.6. The van der Waals surface area contributed by atoms with E-state index in [1.807, 2.05) is 0 Å². The Hall–Kier alpha value is -1.58. The SMILES string of the molecule is CC(=O)OCC1O[C@@H](Cl)C(OC(C)=O)C(N=[N+]=[N-])[C@H]1OC(C)O. The summed E-state index contributed by atoms with van der Waals surface area (Å²) in [7, 11) is 0. The maximum Gasteiger partial charge on any atom is 0.303 e.